The molecule has 20 heavy (non-hydrogen) atoms. The molecular weight excluding hydrogens is 347 g/mol. The van der Waals surface area contributed by atoms with E-state index in [1.165, 1.54) is 18.2 Å². The molecule has 0 aliphatic rings. The Kier molecular flexibility index (Phi) is 4.62. The van der Waals surface area contributed by atoms with Gasteiger partial charge in [0.2, 0.25) is 0 Å². The summed E-state index contributed by atoms with van der Waals surface area (Å²) in [7, 11) is 0. The average Bonchev–Trinajstić information content (AvgIpc) is 2.37. The van der Waals surface area contributed by atoms with Crippen LogP contribution >= 0.6 is 27.5 Å². The molecule has 0 spiro atoms. The monoisotopic (exact) mass is 356 g/mol. The summed E-state index contributed by atoms with van der Waals surface area (Å²) in [5.41, 5.74) is 1.98. The van der Waals surface area contributed by atoms with Crippen LogP contribution in [0.3, 0.4) is 0 Å². The number of benzene rings is 2. The summed E-state index contributed by atoms with van der Waals surface area (Å²) >= 11 is 9.16. The smallest absolute Gasteiger partial charge is 0.308 e. The van der Waals surface area contributed by atoms with E-state index >= 15 is 0 Å². The summed E-state index contributed by atoms with van der Waals surface area (Å²) < 4.78 is 13.4. The van der Waals surface area contributed by atoms with Gasteiger partial charge in [-0.2, -0.15) is 0 Å². The lowest BCUT2D eigenvalue weighted by Crippen LogP contribution is -2.19. The molecule has 0 radical (unpaired) electrons. The third-order valence-corrected chi connectivity index (χ3v) is 3.67. The highest BCUT2D eigenvalue weighted by atomic mass is 79.9. The van der Waals surface area contributed by atoms with E-state index in [-0.39, 0.29) is 5.82 Å². The molecule has 0 aromatic heterocycles. The summed E-state index contributed by atoms with van der Waals surface area (Å²) in [6.07, 6.45) is 0. The number of aryl methyl sites for hydroxylation is 1. The first kappa shape index (κ1) is 14.8. The van der Waals surface area contributed by atoms with Crippen LogP contribution in [0.25, 0.3) is 0 Å². The fourth-order valence-electron chi connectivity index (χ4n) is 1.55. The van der Waals surface area contributed by atoms with Gasteiger partial charge in [-0.1, -0.05) is 17.7 Å². The van der Waals surface area contributed by atoms with Gasteiger partial charge in [-0.15, -0.1) is 0 Å². The number of carbonyl (C=O) groups excluding carboxylic acids is 1. The zero-order chi connectivity index (χ0) is 14.7. The molecule has 0 fully saturated rings. The molecule has 0 aliphatic heterocycles. The van der Waals surface area contributed by atoms with Gasteiger partial charge >= 0.3 is 6.03 Å². The molecule has 0 saturated heterocycles. The van der Waals surface area contributed by atoms with Gasteiger partial charge in [0.15, 0.2) is 0 Å². The Hall–Kier alpha value is -1.59. The lowest BCUT2D eigenvalue weighted by Gasteiger charge is -2.10. The molecule has 0 unspecified atom stereocenters. The van der Waals surface area contributed by atoms with Crippen LogP contribution in [0, 0.1) is 12.7 Å². The standard InChI is InChI=1S/C14H11BrClFN2O/c1-8-2-4-10(7-12(8)16)18-14(20)19-13-5-3-9(17)6-11(13)15/h2-7H,1H3,(H2,18,19,20). The third-order valence-electron chi connectivity index (χ3n) is 2.61. The van der Waals surface area contributed by atoms with Crippen molar-refractivity contribution in [3.8, 4) is 0 Å². The number of amides is 2. The molecule has 2 aromatic carbocycles. The Morgan fingerprint density at radius 1 is 1.20 bits per heavy atom. The van der Waals surface area contributed by atoms with Crippen molar-refractivity contribution < 1.29 is 9.18 Å². The number of carbonyl (C=O) groups is 1. The van der Waals surface area contributed by atoms with Crippen molar-refractivity contribution in [2.75, 3.05) is 10.6 Å². The van der Waals surface area contributed by atoms with E-state index in [0.29, 0.717) is 20.9 Å². The van der Waals surface area contributed by atoms with Crippen LogP contribution < -0.4 is 10.6 Å². The Morgan fingerprint density at radius 2 is 1.95 bits per heavy atom. The molecule has 104 valence electrons. The van der Waals surface area contributed by atoms with E-state index in [4.69, 9.17) is 11.6 Å². The van der Waals surface area contributed by atoms with Gasteiger partial charge in [0.25, 0.3) is 0 Å². The Labute approximate surface area is 129 Å². The number of halogens is 3. The quantitative estimate of drug-likeness (QED) is 0.762. The van der Waals surface area contributed by atoms with Crippen molar-refractivity contribution in [2.24, 2.45) is 0 Å². The number of nitrogens with one attached hydrogen (secondary N) is 2. The Balaban J connectivity index is 2.07. The Bertz CT molecular complexity index is 664. The van der Waals surface area contributed by atoms with E-state index in [2.05, 4.69) is 26.6 Å². The normalized spacial score (nSPS) is 10.2. The van der Waals surface area contributed by atoms with Gasteiger partial charge in [0.1, 0.15) is 5.82 Å². The first-order valence-electron chi connectivity index (χ1n) is 5.75. The Morgan fingerprint density at radius 3 is 2.60 bits per heavy atom. The van der Waals surface area contributed by atoms with E-state index in [9.17, 15) is 9.18 Å². The number of rotatable bonds is 2. The minimum atomic E-state index is -0.433. The highest BCUT2D eigenvalue weighted by molar-refractivity contribution is 9.10. The predicted octanol–water partition coefficient (Wildman–Crippen LogP) is 5.19. The topological polar surface area (TPSA) is 41.1 Å². The second-order valence-corrected chi connectivity index (χ2v) is 5.43. The van der Waals surface area contributed by atoms with Crippen LogP contribution in [-0.2, 0) is 0 Å². The van der Waals surface area contributed by atoms with E-state index in [1.807, 2.05) is 13.0 Å². The van der Waals surface area contributed by atoms with Crippen molar-refractivity contribution in [1.29, 1.82) is 0 Å². The minimum absolute atomic E-state index is 0.381. The summed E-state index contributed by atoms with van der Waals surface area (Å²) in [6, 6.07) is 8.81. The second-order valence-electron chi connectivity index (χ2n) is 4.17. The summed E-state index contributed by atoms with van der Waals surface area (Å²) in [5.74, 6) is -0.381. The van der Waals surface area contributed by atoms with E-state index < -0.39 is 6.03 Å². The molecule has 0 saturated carbocycles. The van der Waals surface area contributed by atoms with Gasteiger partial charge < -0.3 is 10.6 Å². The van der Waals surface area contributed by atoms with Crippen LogP contribution in [-0.4, -0.2) is 6.03 Å². The molecule has 0 aliphatic carbocycles. The van der Waals surface area contributed by atoms with Gasteiger partial charge in [0.05, 0.1) is 5.69 Å². The number of anilines is 2. The molecule has 0 atom stereocenters. The van der Waals surface area contributed by atoms with Crippen LogP contribution in [0.5, 0.6) is 0 Å². The van der Waals surface area contributed by atoms with Gasteiger partial charge in [0, 0.05) is 15.2 Å². The maximum absolute atomic E-state index is 12.9. The van der Waals surface area contributed by atoms with Crippen molar-refractivity contribution in [2.45, 2.75) is 6.92 Å². The SMILES string of the molecule is Cc1ccc(NC(=O)Nc2ccc(F)cc2Br)cc1Cl. The van der Waals surface area contributed by atoms with Crippen LogP contribution in [0.1, 0.15) is 5.56 Å². The zero-order valence-corrected chi connectivity index (χ0v) is 12.8. The van der Waals surface area contributed by atoms with Crippen molar-refractivity contribution in [1.82, 2.24) is 0 Å². The fourth-order valence-corrected chi connectivity index (χ4v) is 2.18. The largest absolute Gasteiger partial charge is 0.323 e. The lowest BCUT2D eigenvalue weighted by molar-refractivity contribution is 0.262. The first-order chi connectivity index (χ1) is 9.45. The highest BCUT2D eigenvalue weighted by Gasteiger charge is 2.07. The fraction of sp³-hybridized carbons (Fsp3) is 0.0714. The van der Waals surface area contributed by atoms with Crippen molar-refractivity contribution >= 4 is 44.9 Å². The molecule has 2 rings (SSSR count). The predicted molar refractivity (Wildman–Crippen MR) is 82.9 cm³/mol. The summed E-state index contributed by atoms with van der Waals surface area (Å²) in [4.78, 5) is 11.8. The maximum atomic E-state index is 12.9. The first-order valence-corrected chi connectivity index (χ1v) is 6.92. The van der Waals surface area contributed by atoms with Gasteiger partial charge in [-0.3, -0.25) is 0 Å². The van der Waals surface area contributed by atoms with Crippen LogP contribution in [0.2, 0.25) is 5.02 Å². The minimum Gasteiger partial charge on any atom is -0.308 e. The molecule has 3 nitrogen and oxygen atoms in total. The third kappa shape index (κ3) is 3.71. The van der Waals surface area contributed by atoms with E-state index in [1.54, 1.807) is 12.1 Å². The van der Waals surface area contributed by atoms with Gasteiger partial charge in [-0.05, 0) is 58.7 Å². The van der Waals surface area contributed by atoms with Crippen LogP contribution in [0.15, 0.2) is 40.9 Å². The molecule has 0 bridgehead atoms. The molecule has 0 heterocycles. The molecule has 2 N–H and O–H groups in total. The molecular formula is C14H11BrClFN2O. The highest BCUT2D eigenvalue weighted by Crippen LogP contribution is 2.24. The average molecular weight is 358 g/mol. The maximum Gasteiger partial charge on any atom is 0.323 e. The zero-order valence-electron chi connectivity index (χ0n) is 10.5. The number of hydrogen-bond donors (Lipinski definition) is 2. The molecule has 2 amide bonds. The number of urea groups is 1. The van der Waals surface area contributed by atoms with Crippen molar-refractivity contribution in [3.05, 3.63) is 57.3 Å². The van der Waals surface area contributed by atoms with E-state index in [0.717, 1.165) is 5.56 Å². The summed E-state index contributed by atoms with van der Waals surface area (Å²) in [5, 5.41) is 5.84. The summed E-state index contributed by atoms with van der Waals surface area (Å²) in [6.45, 7) is 1.88. The van der Waals surface area contributed by atoms with Gasteiger partial charge in [-0.25, -0.2) is 9.18 Å². The lowest BCUT2D eigenvalue weighted by atomic mass is 10.2. The molecule has 6 heteroatoms. The van der Waals surface area contributed by atoms with Crippen LogP contribution in [0.4, 0.5) is 20.6 Å². The van der Waals surface area contributed by atoms with Crippen molar-refractivity contribution in [3.63, 3.8) is 0 Å². The second kappa shape index (κ2) is 6.24. The number of hydrogen-bond acceptors (Lipinski definition) is 1. The molecule has 2 aromatic rings.